The summed E-state index contributed by atoms with van der Waals surface area (Å²) in [7, 11) is 0. The lowest BCUT2D eigenvalue weighted by Gasteiger charge is -2.45. The number of nitrogens with zero attached hydrogens (tertiary/aromatic N) is 7. The molecule has 2 aliphatic rings. The zero-order chi connectivity index (χ0) is 32.2. The third-order valence-corrected chi connectivity index (χ3v) is 8.25. The standard InChI is InChI=1S/C31H30F2N8O4/c1-6-23(43)39-10-11-40(17(5)16(39)4)28-18-12-20(33)26-24-19(32)8-7-9-21(24)36-22(42)13-45-30-27(25(15(2)3)34-14-35-30)41(29(18)37-26)31(44)38-28/h6-9,12,14-17H,1,10-11,13H2,2-5H3,(H,36,42)/t16-,17+/m1/s1. The predicted molar refractivity (Wildman–Crippen MR) is 162 cm³/mol. The molecule has 0 spiro atoms. The molecule has 2 atom stereocenters. The fraction of sp³-hybridized carbons (Fsp3) is 0.323. The number of carbonyl (C=O) groups excluding carboxylic acids is 2. The minimum atomic E-state index is -0.903. The molecular formula is C31H30F2N8O4. The van der Waals surface area contributed by atoms with Crippen molar-refractivity contribution in [1.29, 1.82) is 0 Å². The van der Waals surface area contributed by atoms with Crippen molar-refractivity contribution in [2.24, 2.45) is 0 Å². The van der Waals surface area contributed by atoms with Crippen molar-refractivity contribution in [2.75, 3.05) is 29.9 Å². The quantitative estimate of drug-likeness (QED) is 0.343. The number of carbonyl (C=O) groups is 2. The van der Waals surface area contributed by atoms with Crippen molar-refractivity contribution in [1.82, 2.24) is 29.4 Å². The molecule has 45 heavy (non-hydrogen) atoms. The molecule has 0 saturated carbocycles. The second kappa shape index (κ2) is 11.3. The Labute approximate surface area is 256 Å². The van der Waals surface area contributed by atoms with Crippen LogP contribution in [0.4, 0.5) is 20.3 Å². The second-order valence-corrected chi connectivity index (χ2v) is 11.2. The predicted octanol–water partition coefficient (Wildman–Crippen LogP) is 3.58. The molecule has 0 unspecified atom stereocenters. The molecule has 0 radical (unpaired) electrons. The summed E-state index contributed by atoms with van der Waals surface area (Å²) in [5, 5.41) is 2.72. The van der Waals surface area contributed by atoms with Crippen molar-refractivity contribution in [3.63, 3.8) is 0 Å². The van der Waals surface area contributed by atoms with Gasteiger partial charge in [-0.15, -0.1) is 0 Å². The van der Waals surface area contributed by atoms with E-state index in [1.807, 2.05) is 32.6 Å². The van der Waals surface area contributed by atoms with Crippen LogP contribution in [0.15, 0.2) is 48.0 Å². The van der Waals surface area contributed by atoms with Gasteiger partial charge in [0.15, 0.2) is 18.1 Å². The average molecular weight is 617 g/mol. The van der Waals surface area contributed by atoms with Gasteiger partial charge < -0.3 is 19.9 Å². The van der Waals surface area contributed by atoms with Crippen LogP contribution in [-0.4, -0.2) is 73.0 Å². The summed E-state index contributed by atoms with van der Waals surface area (Å²) in [6, 6.07) is 4.40. The molecule has 2 bridgehead atoms. The molecule has 12 nitrogen and oxygen atoms in total. The maximum atomic E-state index is 16.2. The van der Waals surface area contributed by atoms with Crippen molar-refractivity contribution in [3.05, 3.63) is 71.1 Å². The number of benzene rings is 1. The van der Waals surface area contributed by atoms with Gasteiger partial charge in [0.2, 0.25) is 11.8 Å². The summed E-state index contributed by atoms with van der Waals surface area (Å²) in [5.74, 6) is -2.84. The van der Waals surface area contributed by atoms with E-state index >= 15 is 8.78 Å². The first-order chi connectivity index (χ1) is 21.5. The van der Waals surface area contributed by atoms with E-state index in [2.05, 4.69) is 31.8 Å². The van der Waals surface area contributed by atoms with Crippen LogP contribution in [-0.2, 0) is 9.59 Å². The molecular weight excluding hydrogens is 586 g/mol. The van der Waals surface area contributed by atoms with Crippen molar-refractivity contribution in [2.45, 2.75) is 45.7 Å². The Morgan fingerprint density at radius 2 is 1.89 bits per heavy atom. The number of pyridine rings is 1. The highest BCUT2D eigenvalue weighted by molar-refractivity contribution is 5.98. The van der Waals surface area contributed by atoms with E-state index in [-0.39, 0.29) is 70.1 Å². The van der Waals surface area contributed by atoms with E-state index in [0.717, 1.165) is 16.7 Å². The average Bonchev–Trinajstić information content (AvgIpc) is 3.00. The van der Waals surface area contributed by atoms with Crippen LogP contribution in [0.1, 0.15) is 39.3 Å². The van der Waals surface area contributed by atoms with Gasteiger partial charge in [-0.1, -0.05) is 26.5 Å². The monoisotopic (exact) mass is 616 g/mol. The molecule has 6 rings (SSSR count). The van der Waals surface area contributed by atoms with Crippen LogP contribution in [0, 0.1) is 11.6 Å². The number of fused-ring (bicyclic) bond motifs is 5. The number of ether oxygens (including phenoxy) is 1. The first-order valence-electron chi connectivity index (χ1n) is 14.4. The van der Waals surface area contributed by atoms with E-state index < -0.39 is 35.5 Å². The third-order valence-electron chi connectivity index (χ3n) is 8.25. The lowest BCUT2D eigenvalue weighted by atomic mass is 10.0. The Balaban J connectivity index is 1.70. The molecule has 14 heteroatoms. The van der Waals surface area contributed by atoms with E-state index in [1.54, 1.807) is 4.90 Å². The fourth-order valence-electron chi connectivity index (χ4n) is 5.87. The third kappa shape index (κ3) is 4.95. The van der Waals surface area contributed by atoms with Crippen LogP contribution >= 0.6 is 0 Å². The Kier molecular flexibility index (Phi) is 7.51. The van der Waals surface area contributed by atoms with Gasteiger partial charge in [-0.25, -0.2) is 28.1 Å². The number of amides is 2. The first kappa shape index (κ1) is 29.8. The lowest BCUT2D eigenvalue weighted by Crippen LogP contribution is -2.59. The molecule has 1 aromatic carbocycles. The van der Waals surface area contributed by atoms with Crippen LogP contribution < -0.4 is 20.6 Å². The fourth-order valence-corrected chi connectivity index (χ4v) is 5.87. The SMILES string of the molecule is C=CC(=O)N1CCN(c2nc(=O)n3c4nc(c(F)cc24)-c2c(F)cccc2NC(=O)COc2ncnc(C(C)C)c2-3)[C@@H](C)[C@H]1C. The molecule has 1 saturated heterocycles. The Bertz CT molecular complexity index is 1950. The lowest BCUT2D eigenvalue weighted by molar-refractivity contribution is -0.129. The van der Waals surface area contributed by atoms with Gasteiger partial charge in [-0.3, -0.25) is 9.59 Å². The maximum Gasteiger partial charge on any atom is 0.356 e. The van der Waals surface area contributed by atoms with Gasteiger partial charge in [-0.05, 0) is 44.0 Å². The summed E-state index contributed by atoms with van der Waals surface area (Å²) in [6.07, 6.45) is 2.50. The highest BCUT2D eigenvalue weighted by Gasteiger charge is 2.36. The van der Waals surface area contributed by atoms with Crippen molar-refractivity contribution < 1.29 is 23.1 Å². The number of anilines is 2. The van der Waals surface area contributed by atoms with Gasteiger partial charge in [0, 0.05) is 25.2 Å². The van der Waals surface area contributed by atoms with E-state index in [4.69, 9.17) is 4.74 Å². The van der Waals surface area contributed by atoms with E-state index in [1.165, 1.54) is 24.5 Å². The molecule has 5 heterocycles. The van der Waals surface area contributed by atoms with Gasteiger partial charge in [0.25, 0.3) is 5.91 Å². The van der Waals surface area contributed by atoms with Gasteiger partial charge in [0.1, 0.15) is 29.3 Å². The minimum Gasteiger partial charge on any atom is -0.466 e. The first-order valence-corrected chi connectivity index (χ1v) is 14.4. The molecule has 2 amide bonds. The number of nitrogens with one attached hydrogen (secondary N) is 1. The Morgan fingerprint density at radius 1 is 1.11 bits per heavy atom. The zero-order valence-electron chi connectivity index (χ0n) is 25.0. The maximum absolute atomic E-state index is 16.2. The molecule has 1 N–H and O–H groups in total. The highest BCUT2D eigenvalue weighted by Crippen LogP contribution is 2.38. The molecule has 2 aliphatic heterocycles. The van der Waals surface area contributed by atoms with Crippen LogP contribution in [0.3, 0.4) is 0 Å². The van der Waals surface area contributed by atoms with E-state index in [9.17, 15) is 14.4 Å². The number of rotatable bonds is 3. The molecule has 3 aromatic heterocycles. The Hall–Kier alpha value is -5.27. The number of piperazine rings is 1. The summed E-state index contributed by atoms with van der Waals surface area (Å²) in [5.41, 5.74) is -1.14. The molecule has 1 fully saturated rings. The number of hydrogen-bond acceptors (Lipinski definition) is 9. The zero-order valence-corrected chi connectivity index (χ0v) is 25.0. The molecule has 232 valence electrons. The number of aromatic nitrogens is 5. The van der Waals surface area contributed by atoms with Crippen LogP contribution in [0.2, 0.25) is 0 Å². The van der Waals surface area contributed by atoms with Gasteiger partial charge in [0.05, 0.1) is 22.3 Å². The summed E-state index contributed by atoms with van der Waals surface area (Å²) < 4.78 is 38.5. The highest BCUT2D eigenvalue weighted by atomic mass is 19.1. The molecule has 4 aromatic rings. The normalized spacial score (nSPS) is 18.1. The van der Waals surface area contributed by atoms with Gasteiger partial charge >= 0.3 is 5.69 Å². The molecule has 0 aliphatic carbocycles. The smallest absolute Gasteiger partial charge is 0.356 e. The second-order valence-electron chi connectivity index (χ2n) is 11.2. The Morgan fingerprint density at radius 3 is 2.62 bits per heavy atom. The summed E-state index contributed by atoms with van der Waals surface area (Å²) in [6.45, 7) is 11.1. The van der Waals surface area contributed by atoms with Crippen LogP contribution in [0.25, 0.3) is 28.0 Å². The largest absolute Gasteiger partial charge is 0.466 e. The van der Waals surface area contributed by atoms with Crippen molar-refractivity contribution in [3.8, 4) is 22.8 Å². The number of halogens is 2. The van der Waals surface area contributed by atoms with Gasteiger partial charge in [-0.2, -0.15) is 9.97 Å². The minimum absolute atomic E-state index is 0.0330. The van der Waals surface area contributed by atoms with Crippen molar-refractivity contribution >= 4 is 34.4 Å². The topological polar surface area (TPSA) is 135 Å². The number of hydrogen-bond donors (Lipinski definition) is 1. The summed E-state index contributed by atoms with van der Waals surface area (Å²) in [4.78, 5) is 60.6. The summed E-state index contributed by atoms with van der Waals surface area (Å²) >= 11 is 0. The van der Waals surface area contributed by atoms with E-state index in [0.29, 0.717) is 12.2 Å². The van der Waals surface area contributed by atoms with Crippen LogP contribution in [0.5, 0.6) is 5.88 Å².